The number of hydrogen-bond acceptors (Lipinski definition) is 1. The van der Waals surface area contributed by atoms with E-state index in [9.17, 15) is 9.18 Å². The molecule has 1 aliphatic carbocycles. The second-order valence-corrected chi connectivity index (χ2v) is 4.17. The highest BCUT2D eigenvalue weighted by atomic mass is 19.1. The minimum Gasteiger partial charge on any atom is -0.481 e. The van der Waals surface area contributed by atoms with Gasteiger partial charge in [-0.15, -0.1) is 0 Å². The third-order valence-corrected chi connectivity index (χ3v) is 3.08. The molecule has 0 saturated heterocycles. The number of carbonyl (C=O) groups is 1. The van der Waals surface area contributed by atoms with E-state index >= 15 is 0 Å². The topological polar surface area (TPSA) is 37.3 Å². The third-order valence-electron chi connectivity index (χ3n) is 3.08. The molecule has 1 N–H and O–H groups in total. The van der Waals surface area contributed by atoms with Crippen molar-refractivity contribution in [1.29, 1.82) is 0 Å². The highest BCUT2D eigenvalue weighted by Crippen LogP contribution is 2.44. The summed E-state index contributed by atoms with van der Waals surface area (Å²) in [6.07, 6.45) is 0.837. The van der Waals surface area contributed by atoms with Crippen molar-refractivity contribution in [3.05, 3.63) is 35.1 Å². The summed E-state index contributed by atoms with van der Waals surface area (Å²) in [5.41, 5.74) is 1.59. The van der Waals surface area contributed by atoms with Gasteiger partial charge >= 0.3 is 5.97 Å². The Labute approximate surface area is 87.7 Å². The molecule has 1 aromatic carbocycles. The summed E-state index contributed by atoms with van der Waals surface area (Å²) >= 11 is 0. The van der Waals surface area contributed by atoms with Crippen LogP contribution in [0, 0.1) is 5.82 Å². The van der Waals surface area contributed by atoms with Crippen LogP contribution in [0.15, 0.2) is 18.2 Å². The Hall–Kier alpha value is -1.38. The summed E-state index contributed by atoms with van der Waals surface area (Å²) in [4.78, 5) is 10.7. The normalized spacial score (nSPS) is 23.9. The van der Waals surface area contributed by atoms with E-state index in [-0.39, 0.29) is 24.1 Å². The van der Waals surface area contributed by atoms with Crippen molar-refractivity contribution < 1.29 is 14.3 Å². The van der Waals surface area contributed by atoms with Crippen LogP contribution in [0.25, 0.3) is 0 Å². The molecule has 80 valence electrons. The van der Waals surface area contributed by atoms with Crippen LogP contribution < -0.4 is 0 Å². The summed E-state index contributed by atoms with van der Waals surface area (Å²) < 4.78 is 13.5. The largest absolute Gasteiger partial charge is 0.481 e. The van der Waals surface area contributed by atoms with E-state index in [1.54, 1.807) is 6.07 Å². The SMILES string of the molecule is CC1CC(CC(=O)O)c2cccc(F)c21. The first-order valence-electron chi connectivity index (χ1n) is 5.09. The van der Waals surface area contributed by atoms with E-state index < -0.39 is 5.97 Å². The van der Waals surface area contributed by atoms with Crippen molar-refractivity contribution >= 4 is 5.97 Å². The monoisotopic (exact) mass is 208 g/mol. The Morgan fingerprint density at radius 3 is 3.00 bits per heavy atom. The Morgan fingerprint density at radius 1 is 1.60 bits per heavy atom. The Morgan fingerprint density at radius 2 is 2.33 bits per heavy atom. The van der Waals surface area contributed by atoms with Crippen molar-refractivity contribution in [2.75, 3.05) is 0 Å². The first-order valence-corrected chi connectivity index (χ1v) is 5.09. The van der Waals surface area contributed by atoms with Crippen molar-refractivity contribution in [2.24, 2.45) is 0 Å². The molecular formula is C12H13FO2. The van der Waals surface area contributed by atoms with Gasteiger partial charge in [-0.25, -0.2) is 4.39 Å². The molecule has 0 aromatic heterocycles. The average Bonchev–Trinajstić information content (AvgIpc) is 2.44. The second kappa shape index (κ2) is 3.65. The number of benzene rings is 1. The molecule has 0 heterocycles. The number of halogens is 1. The number of fused-ring (bicyclic) bond motifs is 1. The molecule has 1 aliphatic rings. The fourth-order valence-corrected chi connectivity index (χ4v) is 2.51. The van der Waals surface area contributed by atoms with Gasteiger partial charge < -0.3 is 5.11 Å². The van der Waals surface area contributed by atoms with E-state index in [0.29, 0.717) is 5.56 Å². The number of hydrogen-bond donors (Lipinski definition) is 1. The molecule has 0 spiro atoms. The van der Waals surface area contributed by atoms with Crippen molar-refractivity contribution in [1.82, 2.24) is 0 Å². The van der Waals surface area contributed by atoms with Crippen LogP contribution in [-0.4, -0.2) is 11.1 Å². The predicted octanol–water partition coefficient (Wildman–Crippen LogP) is 2.89. The number of carboxylic acids is 1. The lowest BCUT2D eigenvalue weighted by Gasteiger charge is -2.07. The van der Waals surface area contributed by atoms with E-state index in [1.165, 1.54) is 6.07 Å². The lowest BCUT2D eigenvalue weighted by Crippen LogP contribution is -2.03. The van der Waals surface area contributed by atoms with Crippen molar-refractivity contribution in [3.8, 4) is 0 Å². The van der Waals surface area contributed by atoms with Crippen molar-refractivity contribution in [3.63, 3.8) is 0 Å². The Bertz CT molecular complexity index is 401. The molecule has 2 unspecified atom stereocenters. The maximum Gasteiger partial charge on any atom is 0.303 e. The molecule has 0 aliphatic heterocycles. The van der Waals surface area contributed by atoms with Gasteiger partial charge in [-0.2, -0.15) is 0 Å². The zero-order chi connectivity index (χ0) is 11.0. The molecule has 0 bridgehead atoms. The third kappa shape index (κ3) is 1.74. The van der Waals surface area contributed by atoms with Gasteiger partial charge in [0.1, 0.15) is 5.82 Å². The highest BCUT2D eigenvalue weighted by molar-refractivity contribution is 5.68. The standard InChI is InChI=1S/C12H13FO2/c1-7-5-8(6-11(14)15)9-3-2-4-10(13)12(7)9/h2-4,7-8H,5-6H2,1H3,(H,14,15). The molecule has 0 radical (unpaired) electrons. The van der Waals surface area contributed by atoms with Crippen molar-refractivity contribution in [2.45, 2.75) is 31.6 Å². The minimum absolute atomic E-state index is 0.0248. The van der Waals surface area contributed by atoms with Crippen LogP contribution in [-0.2, 0) is 4.79 Å². The van der Waals surface area contributed by atoms with Gasteiger partial charge in [0.2, 0.25) is 0 Å². The first kappa shape index (κ1) is 10.1. The molecule has 2 nitrogen and oxygen atoms in total. The quantitative estimate of drug-likeness (QED) is 0.811. The van der Waals surface area contributed by atoms with E-state index in [2.05, 4.69) is 0 Å². The number of rotatable bonds is 2. The van der Waals surface area contributed by atoms with Gasteiger partial charge in [-0.3, -0.25) is 4.79 Å². The highest BCUT2D eigenvalue weighted by Gasteiger charge is 2.31. The fraction of sp³-hybridized carbons (Fsp3) is 0.417. The van der Waals surface area contributed by atoms with E-state index in [0.717, 1.165) is 12.0 Å². The molecule has 0 fully saturated rings. The maximum atomic E-state index is 13.5. The van der Waals surface area contributed by atoms with Gasteiger partial charge in [0.25, 0.3) is 0 Å². The average molecular weight is 208 g/mol. The molecule has 2 atom stereocenters. The van der Waals surface area contributed by atoms with Crippen LogP contribution in [0.5, 0.6) is 0 Å². The number of carboxylic acid groups (broad SMARTS) is 1. The Balaban J connectivity index is 2.38. The van der Waals surface area contributed by atoms with Gasteiger partial charge in [0, 0.05) is 0 Å². The summed E-state index contributed by atoms with van der Waals surface area (Å²) in [7, 11) is 0. The van der Waals surface area contributed by atoms with Crippen LogP contribution in [0.2, 0.25) is 0 Å². The molecule has 0 amide bonds. The maximum absolute atomic E-state index is 13.5. The van der Waals surface area contributed by atoms with Gasteiger partial charge in [0.15, 0.2) is 0 Å². The van der Waals surface area contributed by atoms with Gasteiger partial charge in [-0.1, -0.05) is 19.1 Å². The van der Waals surface area contributed by atoms with Crippen LogP contribution in [0.3, 0.4) is 0 Å². The molecule has 2 rings (SSSR count). The van der Waals surface area contributed by atoms with E-state index in [4.69, 9.17) is 5.11 Å². The number of aliphatic carboxylic acids is 1. The summed E-state index contributed by atoms with van der Waals surface area (Å²) in [6, 6.07) is 4.94. The summed E-state index contributed by atoms with van der Waals surface area (Å²) in [6.45, 7) is 1.95. The lowest BCUT2D eigenvalue weighted by molar-refractivity contribution is -0.137. The second-order valence-electron chi connectivity index (χ2n) is 4.17. The smallest absolute Gasteiger partial charge is 0.303 e. The Kier molecular flexibility index (Phi) is 2.47. The van der Waals surface area contributed by atoms with Gasteiger partial charge in [-0.05, 0) is 35.4 Å². The van der Waals surface area contributed by atoms with Crippen LogP contribution in [0.4, 0.5) is 4.39 Å². The van der Waals surface area contributed by atoms with Crippen LogP contribution >= 0.6 is 0 Å². The van der Waals surface area contributed by atoms with Crippen LogP contribution in [0.1, 0.15) is 42.7 Å². The predicted molar refractivity (Wildman–Crippen MR) is 54.4 cm³/mol. The summed E-state index contributed by atoms with van der Waals surface area (Å²) in [5.74, 6) is -0.911. The zero-order valence-corrected chi connectivity index (χ0v) is 8.53. The first-order chi connectivity index (χ1) is 7.09. The molecule has 15 heavy (non-hydrogen) atoms. The molecule has 1 aromatic rings. The summed E-state index contributed by atoms with van der Waals surface area (Å²) in [5, 5.41) is 8.76. The van der Waals surface area contributed by atoms with E-state index in [1.807, 2.05) is 13.0 Å². The minimum atomic E-state index is -0.815. The fourth-order valence-electron chi connectivity index (χ4n) is 2.51. The van der Waals surface area contributed by atoms with Gasteiger partial charge in [0.05, 0.1) is 6.42 Å². The zero-order valence-electron chi connectivity index (χ0n) is 8.53. The lowest BCUT2D eigenvalue weighted by atomic mass is 9.98. The molecule has 3 heteroatoms. The molecule has 0 saturated carbocycles. The molecular weight excluding hydrogens is 195 g/mol.